The highest BCUT2D eigenvalue weighted by molar-refractivity contribution is 6.31. The summed E-state index contributed by atoms with van der Waals surface area (Å²) in [6.45, 7) is 1.87. The molecule has 3 atom stereocenters. The Kier molecular flexibility index (Phi) is 7.13. The van der Waals surface area contributed by atoms with E-state index in [1.807, 2.05) is 55.5 Å². The molecule has 2 aromatic rings. The van der Waals surface area contributed by atoms with Crippen LogP contribution in [0.25, 0.3) is 0 Å². The van der Waals surface area contributed by atoms with Crippen LogP contribution in [0.4, 0.5) is 0 Å². The summed E-state index contributed by atoms with van der Waals surface area (Å²) in [5, 5.41) is 1.21. The minimum atomic E-state index is -0.661. The van der Waals surface area contributed by atoms with Crippen molar-refractivity contribution < 1.29 is 14.3 Å². The average molecular weight is 510 g/mol. The van der Waals surface area contributed by atoms with Gasteiger partial charge in [-0.3, -0.25) is 14.6 Å². The zero-order chi connectivity index (χ0) is 24.5. The van der Waals surface area contributed by atoms with Gasteiger partial charge in [-0.25, -0.2) is 0 Å². The van der Waals surface area contributed by atoms with Crippen molar-refractivity contribution >= 4 is 40.7 Å². The minimum absolute atomic E-state index is 0.0165. The molecular formula is C29H29Cl2NO3. The van der Waals surface area contributed by atoms with Gasteiger partial charge in [-0.2, -0.15) is 0 Å². The van der Waals surface area contributed by atoms with Gasteiger partial charge in [-0.05, 0) is 74.3 Å². The second-order valence-electron chi connectivity index (χ2n) is 9.87. The van der Waals surface area contributed by atoms with E-state index in [-0.39, 0.29) is 23.8 Å². The number of Topliss-reactive ketones (excluding diaryl/α,β-unsaturated/α-hetero) is 1. The largest absolute Gasteiger partial charge is 0.462 e. The number of allylic oxidation sites excluding steroid dienone is 2. The Morgan fingerprint density at radius 1 is 0.971 bits per heavy atom. The van der Waals surface area contributed by atoms with Crippen LogP contribution in [0.15, 0.2) is 64.8 Å². The molecule has 2 aromatic carbocycles. The predicted octanol–water partition coefficient (Wildman–Crippen LogP) is 7.44. The van der Waals surface area contributed by atoms with Crippen molar-refractivity contribution in [1.82, 2.24) is 0 Å². The van der Waals surface area contributed by atoms with Crippen molar-refractivity contribution in [2.75, 3.05) is 0 Å². The number of halogens is 2. The number of esters is 1. The SMILES string of the molecule is CC1=NC2=C(C(=O)C[C@H](c3ccc(Cl)cc3)C2)[C@@H](c2ccccc2Cl)C1C(=O)OC1CCCCC1. The van der Waals surface area contributed by atoms with Gasteiger partial charge in [0.05, 0.1) is 0 Å². The molecule has 1 heterocycles. The first-order valence-electron chi connectivity index (χ1n) is 12.4. The van der Waals surface area contributed by atoms with Gasteiger partial charge in [-0.1, -0.05) is 60.0 Å². The molecule has 0 spiro atoms. The van der Waals surface area contributed by atoms with E-state index in [1.54, 1.807) is 0 Å². The van der Waals surface area contributed by atoms with E-state index in [2.05, 4.69) is 0 Å². The summed E-state index contributed by atoms with van der Waals surface area (Å²) in [7, 11) is 0. The third kappa shape index (κ3) is 4.96. The van der Waals surface area contributed by atoms with Gasteiger partial charge in [0.25, 0.3) is 0 Å². The average Bonchev–Trinajstić information content (AvgIpc) is 2.84. The van der Waals surface area contributed by atoms with Crippen molar-refractivity contribution in [2.45, 2.75) is 69.8 Å². The second kappa shape index (κ2) is 10.3. The Bertz CT molecular complexity index is 1190. The number of benzene rings is 2. The normalized spacial score (nSPS) is 25.2. The van der Waals surface area contributed by atoms with Gasteiger partial charge >= 0.3 is 5.97 Å². The third-order valence-corrected chi connectivity index (χ3v) is 8.16. The number of ether oxygens (including phenoxy) is 1. The van der Waals surface area contributed by atoms with E-state index in [0.29, 0.717) is 34.2 Å². The van der Waals surface area contributed by atoms with Crippen molar-refractivity contribution in [3.05, 3.63) is 81.0 Å². The van der Waals surface area contributed by atoms with E-state index in [9.17, 15) is 9.59 Å². The fourth-order valence-electron chi connectivity index (χ4n) is 5.82. The first-order chi connectivity index (χ1) is 16.9. The molecule has 0 aromatic heterocycles. The van der Waals surface area contributed by atoms with Crippen LogP contribution in [0.5, 0.6) is 0 Å². The number of hydrogen-bond acceptors (Lipinski definition) is 4. The molecule has 0 amide bonds. The summed E-state index contributed by atoms with van der Waals surface area (Å²) in [6, 6.07) is 15.1. The van der Waals surface area contributed by atoms with Crippen molar-refractivity contribution in [3.63, 3.8) is 0 Å². The molecule has 0 N–H and O–H groups in total. The second-order valence-corrected chi connectivity index (χ2v) is 10.7. The highest BCUT2D eigenvalue weighted by atomic mass is 35.5. The minimum Gasteiger partial charge on any atom is -0.462 e. The Hall–Kier alpha value is -2.43. The number of hydrogen-bond donors (Lipinski definition) is 0. The molecule has 35 heavy (non-hydrogen) atoms. The van der Waals surface area contributed by atoms with Gasteiger partial charge in [0.15, 0.2) is 5.78 Å². The van der Waals surface area contributed by atoms with Gasteiger partial charge in [0.2, 0.25) is 0 Å². The quantitative estimate of drug-likeness (QED) is 0.402. The summed E-state index contributed by atoms with van der Waals surface area (Å²) < 4.78 is 6.00. The van der Waals surface area contributed by atoms with Crippen LogP contribution in [0.3, 0.4) is 0 Å². The van der Waals surface area contributed by atoms with E-state index in [0.717, 1.165) is 42.5 Å². The Morgan fingerprint density at radius 3 is 2.40 bits per heavy atom. The highest BCUT2D eigenvalue weighted by Crippen LogP contribution is 2.48. The lowest BCUT2D eigenvalue weighted by molar-refractivity contribution is -0.153. The highest BCUT2D eigenvalue weighted by Gasteiger charge is 2.45. The number of rotatable bonds is 4. The molecule has 0 bridgehead atoms. The van der Waals surface area contributed by atoms with Crippen LogP contribution in [-0.2, 0) is 14.3 Å². The van der Waals surface area contributed by atoms with Crippen LogP contribution in [0.1, 0.15) is 74.8 Å². The summed E-state index contributed by atoms with van der Waals surface area (Å²) >= 11 is 12.7. The summed E-state index contributed by atoms with van der Waals surface area (Å²) in [5.41, 5.74) is 3.89. The Labute approximate surface area is 216 Å². The number of carbonyl (C=O) groups excluding carboxylic acids is 2. The number of aliphatic imine (C=N–C) groups is 1. The number of nitrogens with zero attached hydrogens (tertiary/aromatic N) is 1. The topological polar surface area (TPSA) is 55.7 Å². The molecule has 0 saturated heterocycles. The van der Waals surface area contributed by atoms with E-state index < -0.39 is 11.8 Å². The van der Waals surface area contributed by atoms with Gasteiger partial charge in [0.1, 0.15) is 12.0 Å². The summed E-state index contributed by atoms with van der Waals surface area (Å²) in [4.78, 5) is 32.1. The van der Waals surface area contributed by atoms with Crippen molar-refractivity contribution in [3.8, 4) is 0 Å². The Balaban J connectivity index is 1.53. The van der Waals surface area contributed by atoms with Crippen molar-refractivity contribution in [2.24, 2.45) is 10.9 Å². The smallest absolute Gasteiger partial charge is 0.315 e. The third-order valence-electron chi connectivity index (χ3n) is 7.56. The molecule has 3 aliphatic rings. The van der Waals surface area contributed by atoms with Gasteiger partial charge in [0, 0.05) is 39.4 Å². The van der Waals surface area contributed by atoms with E-state index in [4.69, 9.17) is 32.9 Å². The maximum atomic E-state index is 13.7. The monoisotopic (exact) mass is 509 g/mol. The molecule has 5 rings (SSSR count). The molecule has 2 aliphatic carbocycles. The molecule has 4 nitrogen and oxygen atoms in total. The maximum Gasteiger partial charge on any atom is 0.315 e. The Morgan fingerprint density at radius 2 is 1.69 bits per heavy atom. The van der Waals surface area contributed by atoms with Gasteiger partial charge in [-0.15, -0.1) is 0 Å². The first-order valence-corrected chi connectivity index (χ1v) is 13.2. The molecule has 6 heteroatoms. The maximum absolute atomic E-state index is 13.7. The number of ketones is 1. The molecular weight excluding hydrogens is 481 g/mol. The van der Waals surface area contributed by atoms with Crippen LogP contribution in [0, 0.1) is 5.92 Å². The lowest BCUT2D eigenvalue weighted by atomic mass is 9.69. The zero-order valence-corrected chi connectivity index (χ0v) is 21.3. The van der Waals surface area contributed by atoms with Gasteiger partial charge < -0.3 is 4.74 Å². The first kappa shape index (κ1) is 24.3. The van der Waals surface area contributed by atoms with Crippen LogP contribution in [0.2, 0.25) is 10.0 Å². The summed E-state index contributed by atoms with van der Waals surface area (Å²) in [6.07, 6.45) is 6.03. The lowest BCUT2D eigenvalue weighted by Gasteiger charge is -2.37. The predicted molar refractivity (Wildman–Crippen MR) is 139 cm³/mol. The molecule has 1 saturated carbocycles. The molecule has 0 radical (unpaired) electrons. The molecule has 182 valence electrons. The lowest BCUT2D eigenvalue weighted by Crippen LogP contribution is -2.39. The summed E-state index contributed by atoms with van der Waals surface area (Å²) in [5.74, 6) is -1.42. The molecule has 1 fully saturated rings. The fourth-order valence-corrected chi connectivity index (χ4v) is 6.20. The molecule has 1 unspecified atom stereocenters. The van der Waals surface area contributed by atoms with Crippen LogP contribution in [-0.4, -0.2) is 23.6 Å². The standard InChI is InChI=1S/C29H29Cl2NO3/c1-17-26(29(34)35-21-7-3-2-4-8-21)27(22-9-5-6-10-23(22)31)28-24(32-17)15-19(16-25(28)33)18-11-13-20(30)14-12-18/h5-6,9-14,19,21,26-27H,2-4,7-8,15-16H2,1H3/t19-,26?,27+/m1/s1. The fraction of sp³-hybridized carbons (Fsp3) is 0.414. The van der Waals surface area contributed by atoms with E-state index >= 15 is 0 Å². The molecule has 1 aliphatic heterocycles. The zero-order valence-electron chi connectivity index (χ0n) is 19.8. The van der Waals surface area contributed by atoms with E-state index in [1.165, 1.54) is 6.42 Å². The van der Waals surface area contributed by atoms with Crippen molar-refractivity contribution in [1.29, 1.82) is 0 Å². The van der Waals surface area contributed by atoms with Crippen LogP contribution < -0.4 is 0 Å². The number of carbonyl (C=O) groups is 2. The van der Waals surface area contributed by atoms with Crippen LogP contribution >= 0.6 is 23.2 Å².